The normalized spacial score (nSPS) is 17.3. The molecular weight excluding hydrogens is 413 g/mol. The fourth-order valence-corrected chi connectivity index (χ4v) is 3.70. The summed E-state index contributed by atoms with van der Waals surface area (Å²) >= 11 is 0. The number of fused-ring (bicyclic) bond motifs is 1. The topological polar surface area (TPSA) is 94.2 Å². The molecule has 1 fully saturated rings. The number of nitrogens with zero attached hydrogens (tertiary/aromatic N) is 4. The Kier molecular flexibility index (Phi) is 6.51. The zero-order valence-electron chi connectivity index (χ0n) is 17.4. The standard InChI is InChI=1S/C20H25F3N6O2/c1-4-16(30)29-6-5-28(10-13(29)7-12(2)3)15-9-25-18-17(27-15)14(8-24-18)19(31)26-11-20(21,22)23/h4,8-9,12-13H,1,5-7,10-11H2,2-3H3,(H,24,25)(H,26,31)/t13-/m0/s1. The Balaban J connectivity index is 1.83. The van der Waals surface area contributed by atoms with E-state index in [1.807, 2.05) is 10.2 Å². The molecule has 1 aliphatic rings. The quantitative estimate of drug-likeness (QED) is 0.676. The van der Waals surface area contributed by atoms with Gasteiger partial charge in [-0.05, 0) is 18.4 Å². The van der Waals surface area contributed by atoms with E-state index in [4.69, 9.17) is 0 Å². The second kappa shape index (κ2) is 8.94. The number of hydrogen-bond acceptors (Lipinski definition) is 5. The second-order valence-corrected chi connectivity index (χ2v) is 7.89. The van der Waals surface area contributed by atoms with E-state index in [1.54, 1.807) is 11.1 Å². The second-order valence-electron chi connectivity index (χ2n) is 7.89. The van der Waals surface area contributed by atoms with Crippen molar-refractivity contribution in [2.45, 2.75) is 32.5 Å². The SMILES string of the molecule is C=CC(=O)N1CCN(c2cnc3[nH]cc(C(=O)NCC(F)(F)F)c3n2)C[C@@H]1CC(C)C. The van der Waals surface area contributed by atoms with E-state index in [0.717, 1.165) is 6.42 Å². The monoisotopic (exact) mass is 438 g/mol. The summed E-state index contributed by atoms with van der Waals surface area (Å²) in [5.41, 5.74) is 0.495. The fourth-order valence-electron chi connectivity index (χ4n) is 3.70. The van der Waals surface area contributed by atoms with Crippen molar-refractivity contribution >= 4 is 28.8 Å². The number of amides is 2. The van der Waals surface area contributed by atoms with Gasteiger partial charge in [0, 0.05) is 31.9 Å². The summed E-state index contributed by atoms with van der Waals surface area (Å²) in [6.07, 6.45) is 0.435. The molecule has 0 spiro atoms. The van der Waals surface area contributed by atoms with Gasteiger partial charge < -0.3 is 20.1 Å². The Labute approximate surface area is 177 Å². The maximum Gasteiger partial charge on any atom is 0.405 e. The average Bonchev–Trinajstić information content (AvgIpc) is 3.13. The van der Waals surface area contributed by atoms with Gasteiger partial charge in [-0.1, -0.05) is 20.4 Å². The number of carbonyl (C=O) groups excluding carboxylic acids is 2. The lowest BCUT2D eigenvalue weighted by atomic mass is 10.00. The number of nitrogens with one attached hydrogen (secondary N) is 2. The summed E-state index contributed by atoms with van der Waals surface area (Å²) in [5.74, 6) is -0.140. The van der Waals surface area contributed by atoms with E-state index in [1.165, 1.54) is 12.3 Å². The number of aromatic nitrogens is 3. The van der Waals surface area contributed by atoms with Crippen LogP contribution in [0.15, 0.2) is 25.0 Å². The molecule has 2 N–H and O–H groups in total. The Morgan fingerprint density at radius 1 is 1.39 bits per heavy atom. The first-order valence-electron chi connectivity index (χ1n) is 9.96. The molecule has 2 aromatic rings. The van der Waals surface area contributed by atoms with Crippen molar-refractivity contribution in [3.63, 3.8) is 0 Å². The summed E-state index contributed by atoms with van der Waals surface area (Å²) < 4.78 is 37.3. The fraction of sp³-hybridized carbons (Fsp3) is 0.500. The molecule has 0 aromatic carbocycles. The molecule has 31 heavy (non-hydrogen) atoms. The lowest BCUT2D eigenvalue weighted by Gasteiger charge is -2.42. The van der Waals surface area contributed by atoms with Crippen molar-refractivity contribution < 1.29 is 22.8 Å². The van der Waals surface area contributed by atoms with Gasteiger partial charge in [0.25, 0.3) is 5.91 Å². The van der Waals surface area contributed by atoms with Crippen LogP contribution in [0, 0.1) is 5.92 Å². The van der Waals surface area contributed by atoms with Gasteiger partial charge in [0.1, 0.15) is 17.9 Å². The number of carbonyl (C=O) groups is 2. The predicted molar refractivity (Wildman–Crippen MR) is 110 cm³/mol. The van der Waals surface area contributed by atoms with Crippen LogP contribution in [-0.2, 0) is 4.79 Å². The number of alkyl halides is 3. The minimum absolute atomic E-state index is 0.00667. The number of hydrogen-bond donors (Lipinski definition) is 2. The summed E-state index contributed by atoms with van der Waals surface area (Å²) in [6.45, 7) is 7.81. The summed E-state index contributed by atoms with van der Waals surface area (Å²) in [5, 5.41) is 1.85. The lowest BCUT2D eigenvalue weighted by Crippen LogP contribution is -2.55. The third kappa shape index (κ3) is 5.33. The predicted octanol–water partition coefficient (Wildman–Crippen LogP) is 2.50. The Morgan fingerprint density at radius 2 is 2.13 bits per heavy atom. The van der Waals surface area contributed by atoms with Gasteiger partial charge in [-0.15, -0.1) is 0 Å². The molecule has 2 amide bonds. The molecule has 3 heterocycles. The highest BCUT2D eigenvalue weighted by atomic mass is 19.4. The van der Waals surface area contributed by atoms with E-state index in [0.29, 0.717) is 37.0 Å². The molecule has 1 saturated heterocycles. The molecular formula is C20H25F3N6O2. The molecule has 0 radical (unpaired) electrons. The van der Waals surface area contributed by atoms with Gasteiger partial charge in [0.2, 0.25) is 5.91 Å². The minimum atomic E-state index is -4.51. The Hall–Kier alpha value is -3.11. The van der Waals surface area contributed by atoms with Crippen LogP contribution in [0.25, 0.3) is 11.2 Å². The van der Waals surface area contributed by atoms with Gasteiger partial charge >= 0.3 is 6.18 Å². The molecule has 0 bridgehead atoms. The lowest BCUT2D eigenvalue weighted by molar-refractivity contribution is -0.129. The van der Waals surface area contributed by atoms with Gasteiger partial charge in [0.15, 0.2) is 5.65 Å². The Morgan fingerprint density at radius 3 is 2.77 bits per heavy atom. The van der Waals surface area contributed by atoms with Crippen molar-refractivity contribution in [2.75, 3.05) is 31.1 Å². The molecule has 3 rings (SSSR count). The number of piperazine rings is 1. The first kappa shape index (κ1) is 22.6. The zero-order chi connectivity index (χ0) is 22.8. The molecule has 1 aliphatic heterocycles. The molecule has 0 saturated carbocycles. The van der Waals surface area contributed by atoms with Crippen molar-refractivity contribution in [3.05, 3.63) is 30.6 Å². The van der Waals surface area contributed by atoms with Crippen LogP contribution in [0.2, 0.25) is 0 Å². The third-order valence-corrected chi connectivity index (χ3v) is 5.07. The summed E-state index contributed by atoms with van der Waals surface area (Å²) in [6, 6.07) is -0.0440. The van der Waals surface area contributed by atoms with Gasteiger partial charge in [-0.25, -0.2) is 9.97 Å². The van der Waals surface area contributed by atoms with E-state index in [-0.39, 0.29) is 23.0 Å². The first-order chi connectivity index (χ1) is 14.6. The van der Waals surface area contributed by atoms with Crippen LogP contribution in [-0.4, -0.2) is 70.1 Å². The van der Waals surface area contributed by atoms with Gasteiger partial charge in [0.05, 0.1) is 11.8 Å². The van der Waals surface area contributed by atoms with Crippen LogP contribution >= 0.6 is 0 Å². The maximum atomic E-state index is 12.4. The highest BCUT2D eigenvalue weighted by Crippen LogP contribution is 2.24. The number of halogens is 3. The number of aromatic amines is 1. The van der Waals surface area contributed by atoms with Crippen molar-refractivity contribution in [3.8, 4) is 0 Å². The van der Waals surface area contributed by atoms with Gasteiger partial charge in [-0.3, -0.25) is 9.59 Å². The average molecular weight is 438 g/mol. The van der Waals surface area contributed by atoms with Crippen LogP contribution in [0.4, 0.5) is 19.0 Å². The van der Waals surface area contributed by atoms with Crippen LogP contribution in [0.1, 0.15) is 30.6 Å². The van der Waals surface area contributed by atoms with E-state index >= 15 is 0 Å². The smallest absolute Gasteiger partial charge is 0.351 e. The number of rotatable bonds is 6. The molecule has 1 atom stereocenters. The minimum Gasteiger partial charge on any atom is -0.351 e. The molecule has 8 nitrogen and oxygen atoms in total. The van der Waals surface area contributed by atoms with E-state index in [2.05, 4.69) is 35.4 Å². The van der Waals surface area contributed by atoms with Crippen molar-refractivity contribution in [1.82, 2.24) is 25.2 Å². The van der Waals surface area contributed by atoms with E-state index in [9.17, 15) is 22.8 Å². The first-order valence-corrected chi connectivity index (χ1v) is 9.96. The zero-order valence-corrected chi connectivity index (χ0v) is 17.4. The molecule has 0 unspecified atom stereocenters. The highest BCUT2D eigenvalue weighted by Gasteiger charge is 2.31. The largest absolute Gasteiger partial charge is 0.405 e. The molecule has 11 heteroatoms. The number of H-pyrrole nitrogens is 1. The highest BCUT2D eigenvalue weighted by molar-refractivity contribution is 6.04. The number of anilines is 1. The summed E-state index contributed by atoms with van der Waals surface area (Å²) in [4.78, 5) is 39.7. The third-order valence-electron chi connectivity index (χ3n) is 5.07. The van der Waals surface area contributed by atoms with Crippen molar-refractivity contribution in [1.29, 1.82) is 0 Å². The van der Waals surface area contributed by atoms with E-state index < -0.39 is 18.6 Å². The molecule has 0 aliphatic carbocycles. The van der Waals surface area contributed by atoms with Gasteiger partial charge in [-0.2, -0.15) is 13.2 Å². The van der Waals surface area contributed by atoms with Crippen molar-refractivity contribution in [2.24, 2.45) is 5.92 Å². The maximum absolute atomic E-state index is 12.4. The van der Waals surface area contributed by atoms with Crippen LogP contribution in [0.5, 0.6) is 0 Å². The molecule has 2 aromatic heterocycles. The van der Waals surface area contributed by atoms with Crippen LogP contribution < -0.4 is 10.2 Å². The Bertz CT molecular complexity index is 971. The summed E-state index contributed by atoms with van der Waals surface area (Å²) in [7, 11) is 0. The molecule has 168 valence electrons. The van der Waals surface area contributed by atoms with Crippen LogP contribution in [0.3, 0.4) is 0 Å².